The van der Waals surface area contributed by atoms with E-state index in [1.54, 1.807) is 10.8 Å². The lowest BCUT2D eigenvalue weighted by Crippen LogP contribution is -2.53. The molecule has 0 aliphatic carbocycles. The van der Waals surface area contributed by atoms with Crippen LogP contribution in [0.25, 0.3) is 5.65 Å². The molecule has 3 heterocycles. The number of nitrogens with zero attached hydrogens (tertiary/aromatic N) is 6. The summed E-state index contributed by atoms with van der Waals surface area (Å²) in [6, 6.07) is 14.1. The molecule has 0 unspecified atom stereocenters. The van der Waals surface area contributed by atoms with Crippen LogP contribution in [0.1, 0.15) is 18.6 Å². The number of fused-ring (bicyclic) bond motifs is 1. The molecule has 3 aromatic rings. The highest BCUT2D eigenvalue weighted by Gasteiger charge is 2.26. The largest absolute Gasteiger partial charge is 0.387 e. The number of hydrogen-bond donors (Lipinski definition) is 1. The first-order valence-electron chi connectivity index (χ1n) is 8.60. The Hall–Kier alpha value is -2.51. The zero-order valence-electron chi connectivity index (χ0n) is 14.2. The highest BCUT2D eigenvalue weighted by atomic mass is 16.3. The molecule has 1 aliphatic rings. The highest BCUT2D eigenvalue weighted by molar-refractivity contribution is 5.46. The van der Waals surface area contributed by atoms with Crippen LogP contribution in [-0.4, -0.2) is 62.0 Å². The van der Waals surface area contributed by atoms with Crippen molar-refractivity contribution in [2.75, 3.05) is 31.1 Å². The minimum absolute atomic E-state index is 0.318. The molecule has 2 aromatic heterocycles. The average Bonchev–Trinajstić information content (AvgIpc) is 3.10. The molecule has 25 heavy (non-hydrogen) atoms. The van der Waals surface area contributed by atoms with Crippen LogP contribution in [0.4, 0.5) is 5.82 Å². The van der Waals surface area contributed by atoms with Crippen molar-refractivity contribution in [3.05, 3.63) is 54.4 Å². The van der Waals surface area contributed by atoms with Gasteiger partial charge in [-0.05, 0) is 24.6 Å². The summed E-state index contributed by atoms with van der Waals surface area (Å²) in [5.41, 5.74) is 1.72. The molecule has 0 amide bonds. The SMILES string of the molecule is C[C@H]1CN(C[C@H](O)c2ccccc2)CCN1c1ccc2nncn2n1. The number of aliphatic hydroxyl groups is 1. The fourth-order valence-electron chi connectivity index (χ4n) is 3.44. The first-order chi connectivity index (χ1) is 12.2. The van der Waals surface area contributed by atoms with E-state index in [-0.39, 0.29) is 0 Å². The van der Waals surface area contributed by atoms with Crippen LogP contribution >= 0.6 is 0 Å². The van der Waals surface area contributed by atoms with Crippen molar-refractivity contribution in [3.63, 3.8) is 0 Å². The number of aromatic nitrogens is 4. The third-order valence-corrected chi connectivity index (χ3v) is 4.77. The summed E-state index contributed by atoms with van der Waals surface area (Å²) in [7, 11) is 0. The van der Waals surface area contributed by atoms with Gasteiger partial charge in [-0.2, -0.15) is 4.52 Å². The van der Waals surface area contributed by atoms with Gasteiger partial charge < -0.3 is 10.0 Å². The Morgan fingerprint density at radius 1 is 1.16 bits per heavy atom. The molecule has 1 aromatic carbocycles. The van der Waals surface area contributed by atoms with Crippen molar-refractivity contribution in [1.82, 2.24) is 24.7 Å². The predicted octanol–water partition coefficient (Wildman–Crippen LogP) is 1.37. The number of piperazine rings is 1. The van der Waals surface area contributed by atoms with Gasteiger partial charge in [-0.1, -0.05) is 30.3 Å². The zero-order valence-corrected chi connectivity index (χ0v) is 14.2. The summed E-state index contributed by atoms with van der Waals surface area (Å²) in [5.74, 6) is 0.933. The monoisotopic (exact) mass is 338 g/mol. The summed E-state index contributed by atoms with van der Waals surface area (Å²) < 4.78 is 1.70. The smallest absolute Gasteiger partial charge is 0.177 e. The van der Waals surface area contributed by atoms with E-state index >= 15 is 0 Å². The fourth-order valence-corrected chi connectivity index (χ4v) is 3.44. The number of rotatable bonds is 4. The molecule has 0 spiro atoms. The molecule has 0 radical (unpaired) electrons. The Balaban J connectivity index is 1.41. The molecule has 1 saturated heterocycles. The van der Waals surface area contributed by atoms with Crippen LogP contribution in [0.3, 0.4) is 0 Å². The lowest BCUT2D eigenvalue weighted by Gasteiger charge is -2.41. The second-order valence-electron chi connectivity index (χ2n) is 6.55. The van der Waals surface area contributed by atoms with Crippen molar-refractivity contribution in [2.24, 2.45) is 0 Å². The van der Waals surface area contributed by atoms with E-state index in [1.807, 2.05) is 42.5 Å². The third-order valence-electron chi connectivity index (χ3n) is 4.77. The van der Waals surface area contributed by atoms with E-state index in [2.05, 4.69) is 32.0 Å². The van der Waals surface area contributed by atoms with Crippen LogP contribution in [-0.2, 0) is 0 Å². The van der Waals surface area contributed by atoms with Gasteiger partial charge in [0.05, 0.1) is 6.10 Å². The maximum atomic E-state index is 10.5. The van der Waals surface area contributed by atoms with Crippen molar-refractivity contribution in [3.8, 4) is 0 Å². The number of benzene rings is 1. The molecule has 7 nitrogen and oxygen atoms in total. The second kappa shape index (κ2) is 6.78. The maximum absolute atomic E-state index is 10.5. The molecule has 1 fully saturated rings. The summed E-state index contributed by atoms with van der Waals surface area (Å²) in [5, 5.41) is 22.9. The number of aliphatic hydroxyl groups excluding tert-OH is 1. The van der Waals surface area contributed by atoms with Gasteiger partial charge >= 0.3 is 0 Å². The summed E-state index contributed by atoms with van der Waals surface area (Å²) in [6.07, 6.45) is 1.17. The normalized spacial score (nSPS) is 20.1. The molecule has 4 rings (SSSR count). The minimum atomic E-state index is -0.452. The molecule has 1 aliphatic heterocycles. The molecule has 0 saturated carbocycles. The Morgan fingerprint density at radius 3 is 2.80 bits per heavy atom. The topological polar surface area (TPSA) is 69.8 Å². The molecule has 130 valence electrons. The molecule has 2 atom stereocenters. The second-order valence-corrected chi connectivity index (χ2v) is 6.55. The van der Waals surface area contributed by atoms with E-state index < -0.39 is 6.10 Å². The quantitative estimate of drug-likeness (QED) is 0.775. The Bertz CT molecular complexity index is 836. The van der Waals surface area contributed by atoms with Gasteiger partial charge in [-0.25, -0.2) is 0 Å². The maximum Gasteiger partial charge on any atom is 0.177 e. The number of β-amino-alcohol motifs (C(OH)–C–C–N with tert-alkyl or cyclic N) is 1. The first kappa shape index (κ1) is 16.0. The van der Waals surface area contributed by atoms with Crippen molar-refractivity contribution in [2.45, 2.75) is 19.1 Å². The van der Waals surface area contributed by atoms with Crippen molar-refractivity contribution < 1.29 is 5.11 Å². The minimum Gasteiger partial charge on any atom is -0.387 e. The van der Waals surface area contributed by atoms with Gasteiger partial charge in [-0.3, -0.25) is 4.90 Å². The summed E-state index contributed by atoms with van der Waals surface area (Å²) in [6.45, 7) is 5.52. The van der Waals surface area contributed by atoms with Crippen LogP contribution in [0.5, 0.6) is 0 Å². The fraction of sp³-hybridized carbons (Fsp3) is 0.389. The molecular formula is C18H22N6O. The van der Waals surface area contributed by atoms with Crippen LogP contribution in [0, 0.1) is 0 Å². The van der Waals surface area contributed by atoms with Gasteiger partial charge in [0, 0.05) is 32.2 Å². The van der Waals surface area contributed by atoms with Crippen molar-refractivity contribution >= 4 is 11.5 Å². The first-order valence-corrected chi connectivity index (χ1v) is 8.60. The van der Waals surface area contributed by atoms with Gasteiger partial charge in [0.1, 0.15) is 12.1 Å². The van der Waals surface area contributed by atoms with Gasteiger partial charge in [0.15, 0.2) is 5.65 Å². The van der Waals surface area contributed by atoms with Gasteiger partial charge in [-0.15, -0.1) is 15.3 Å². The van der Waals surface area contributed by atoms with Gasteiger partial charge in [0.25, 0.3) is 0 Å². The van der Waals surface area contributed by atoms with E-state index in [0.717, 1.165) is 36.7 Å². The van der Waals surface area contributed by atoms with Crippen molar-refractivity contribution in [1.29, 1.82) is 0 Å². The molecular weight excluding hydrogens is 316 g/mol. The Kier molecular flexibility index (Phi) is 4.33. The van der Waals surface area contributed by atoms with E-state index in [4.69, 9.17) is 0 Å². The number of hydrogen-bond acceptors (Lipinski definition) is 6. The standard InChI is InChI=1S/C18H22N6O/c1-14-11-22(12-16(25)15-5-3-2-4-6-15)9-10-23(14)18-8-7-17-20-19-13-24(17)21-18/h2-8,13-14,16,25H,9-12H2,1H3/t14-,16-/m0/s1. The number of anilines is 1. The van der Waals surface area contributed by atoms with Crippen LogP contribution < -0.4 is 4.90 Å². The Labute approximate surface area is 146 Å². The zero-order chi connectivity index (χ0) is 17.2. The lowest BCUT2D eigenvalue weighted by atomic mass is 10.1. The predicted molar refractivity (Wildman–Crippen MR) is 95.4 cm³/mol. The average molecular weight is 338 g/mol. The third kappa shape index (κ3) is 3.33. The van der Waals surface area contributed by atoms with Crippen LogP contribution in [0.15, 0.2) is 48.8 Å². The van der Waals surface area contributed by atoms with E-state index in [1.165, 1.54) is 0 Å². The molecule has 0 bridgehead atoms. The van der Waals surface area contributed by atoms with E-state index in [0.29, 0.717) is 12.6 Å². The van der Waals surface area contributed by atoms with E-state index in [9.17, 15) is 5.11 Å². The Morgan fingerprint density at radius 2 is 2.00 bits per heavy atom. The van der Waals surface area contributed by atoms with Crippen LogP contribution in [0.2, 0.25) is 0 Å². The highest BCUT2D eigenvalue weighted by Crippen LogP contribution is 2.21. The summed E-state index contributed by atoms with van der Waals surface area (Å²) >= 11 is 0. The molecule has 7 heteroatoms. The molecule has 1 N–H and O–H groups in total. The lowest BCUT2D eigenvalue weighted by molar-refractivity contribution is 0.102. The van der Waals surface area contributed by atoms with Gasteiger partial charge in [0.2, 0.25) is 0 Å². The summed E-state index contributed by atoms with van der Waals surface area (Å²) in [4.78, 5) is 4.61.